The Bertz CT molecular complexity index is 1670. The Morgan fingerprint density at radius 2 is 1.95 bits per heavy atom. The predicted molar refractivity (Wildman–Crippen MR) is 163 cm³/mol. The first-order valence-electron chi connectivity index (χ1n) is 13.1. The van der Waals surface area contributed by atoms with Crippen LogP contribution in [0.2, 0.25) is 0 Å². The number of nitrogen functional groups attached to an aromatic ring is 1. The van der Waals surface area contributed by atoms with Gasteiger partial charge in [0.15, 0.2) is 17.0 Å². The van der Waals surface area contributed by atoms with Crippen molar-refractivity contribution in [3.05, 3.63) is 35.1 Å². The number of ether oxygens (including phenoxy) is 2. The Morgan fingerprint density at radius 3 is 2.57 bits per heavy atom. The van der Waals surface area contributed by atoms with Gasteiger partial charge in [0.25, 0.3) is 0 Å². The maximum atomic E-state index is 14.0. The van der Waals surface area contributed by atoms with Crippen LogP contribution in [-0.4, -0.2) is 83.8 Å². The van der Waals surface area contributed by atoms with Gasteiger partial charge in [-0.3, -0.25) is 18.9 Å². The van der Waals surface area contributed by atoms with Crippen LogP contribution in [0.1, 0.15) is 27.0 Å². The molecule has 0 radical (unpaired) electrons. The number of halogens is 1. The lowest BCUT2D eigenvalue weighted by molar-refractivity contribution is -0.146. The normalized spacial score (nSPS) is 22.1. The number of benzene rings is 1. The van der Waals surface area contributed by atoms with Crippen LogP contribution in [0.3, 0.4) is 0 Å². The number of hydrazine groups is 1. The van der Waals surface area contributed by atoms with Crippen LogP contribution in [0.5, 0.6) is 5.75 Å². The predicted octanol–water partition coefficient (Wildman–Crippen LogP) is 1.71. The van der Waals surface area contributed by atoms with Crippen LogP contribution in [0, 0.1) is 5.92 Å². The Morgan fingerprint density at radius 1 is 1.30 bits per heavy atom. The van der Waals surface area contributed by atoms with Crippen molar-refractivity contribution in [3.8, 4) is 5.75 Å². The summed E-state index contributed by atoms with van der Waals surface area (Å²) in [5.41, 5.74) is 4.88. The van der Waals surface area contributed by atoms with E-state index in [4.69, 9.17) is 24.3 Å². The van der Waals surface area contributed by atoms with Gasteiger partial charge in [0.2, 0.25) is 16.0 Å². The molecule has 1 fully saturated rings. The number of aliphatic hydroxyl groups is 1. The van der Waals surface area contributed by atoms with Crippen molar-refractivity contribution >= 4 is 62.6 Å². The van der Waals surface area contributed by atoms with Gasteiger partial charge in [-0.2, -0.15) is 15.1 Å². The molecule has 0 aliphatic carbocycles. The average Bonchev–Trinajstić information content (AvgIpc) is 3.46. The van der Waals surface area contributed by atoms with Crippen molar-refractivity contribution in [2.45, 2.75) is 44.7 Å². The summed E-state index contributed by atoms with van der Waals surface area (Å²) in [4.78, 5) is 27.3. The minimum atomic E-state index is -4.28. The Labute approximate surface area is 262 Å². The number of imidazole rings is 1. The first-order chi connectivity index (χ1) is 20.4. The van der Waals surface area contributed by atoms with E-state index < -0.39 is 60.2 Å². The Kier molecular flexibility index (Phi) is 9.92. The minimum Gasteiger partial charge on any atom is -0.468 e. The standard InChI is InChI=1S/C24H34BrN8O9PS/c1-13-18(34)16(11-40-43(36,30-24(2,3)22(35)39-5)42-15-9-7-14(25)8-10-15)41-21(13)33-12-27-17-19(28-23(26)29-20(17)33)32(4)31-44(6,37)38/h7-10,12-13,16,18,21,31,34H,11H2,1-6H3,(H,30,36)(H2,26,28,29)/t13-,16?,18-,21?,43?/m0/s1. The number of hydrogen-bond donors (Lipinski definition) is 4. The van der Waals surface area contributed by atoms with Gasteiger partial charge in [-0.05, 0) is 38.1 Å². The lowest BCUT2D eigenvalue weighted by Crippen LogP contribution is -2.47. The zero-order chi connectivity index (χ0) is 32.6. The van der Waals surface area contributed by atoms with Gasteiger partial charge in [-0.15, -0.1) is 4.83 Å². The number of nitrogens with one attached hydrogen (secondary N) is 2. The van der Waals surface area contributed by atoms with Crippen molar-refractivity contribution in [2.75, 3.05) is 37.8 Å². The number of methoxy groups -OCH3 is 1. The molecule has 0 amide bonds. The number of anilines is 2. The maximum absolute atomic E-state index is 14.0. The molecular formula is C24H34BrN8O9PS. The lowest BCUT2D eigenvalue weighted by Gasteiger charge is -2.29. The molecule has 0 spiro atoms. The van der Waals surface area contributed by atoms with E-state index >= 15 is 0 Å². The van der Waals surface area contributed by atoms with E-state index in [2.05, 4.69) is 40.8 Å². The number of aromatic nitrogens is 4. The minimum absolute atomic E-state index is 0.0908. The number of esters is 1. The number of hydrogen-bond acceptors (Lipinski definition) is 14. The van der Waals surface area contributed by atoms with Gasteiger partial charge in [0.1, 0.15) is 23.6 Å². The third-order valence-electron chi connectivity index (χ3n) is 6.56. The van der Waals surface area contributed by atoms with Crippen molar-refractivity contribution in [2.24, 2.45) is 5.92 Å². The average molecular weight is 722 g/mol. The molecule has 17 nitrogen and oxygen atoms in total. The fourth-order valence-corrected chi connectivity index (χ4v) is 7.04. The first-order valence-corrected chi connectivity index (χ1v) is 17.3. The molecular weight excluding hydrogens is 687 g/mol. The fraction of sp³-hybridized carbons (Fsp3) is 0.500. The second kappa shape index (κ2) is 12.8. The highest BCUT2D eigenvalue weighted by Crippen LogP contribution is 2.48. The molecule has 20 heteroatoms. The first kappa shape index (κ1) is 34.0. The second-order valence-corrected chi connectivity index (χ2v) is 14.9. The van der Waals surface area contributed by atoms with Gasteiger partial charge < -0.3 is 24.8 Å². The van der Waals surface area contributed by atoms with Crippen LogP contribution in [0.15, 0.2) is 35.1 Å². The molecule has 1 saturated heterocycles. The van der Waals surface area contributed by atoms with Crippen LogP contribution in [0.4, 0.5) is 11.8 Å². The molecule has 242 valence electrons. The van der Waals surface area contributed by atoms with Crippen molar-refractivity contribution in [1.29, 1.82) is 0 Å². The second-order valence-electron chi connectivity index (χ2n) is 10.6. The Hall–Kier alpha value is -2.90. The fourth-order valence-electron chi connectivity index (χ4n) is 4.51. The highest BCUT2D eigenvalue weighted by molar-refractivity contribution is 9.10. The van der Waals surface area contributed by atoms with E-state index in [-0.39, 0.29) is 28.7 Å². The number of carbonyl (C=O) groups excluding carboxylic acids is 1. The third-order valence-corrected chi connectivity index (χ3v) is 9.47. The highest BCUT2D eigenvalue weighted by atomic mass is 79.9. The van der Waals surface area contributed by atoms with E-state index in [0.29, 0.717) is 0 Å². The van der Waals surface area contributed by atoms with Crippen molar-refractivity contribution in [3.63, 3.8) is 0 Å². The molecule has 3 aromatic rings. The molecule has 1 aromatic carbocycles. The van der Waals surface area contributed by atoms with Crippen molar-refractivity contribution in [1.82, 2.24) is 29.4 Å². The molecule has 3 heterocycles. The highest BCUT2D eigenvalue weighted by Gasteiger charge is 2.46. The quantitative estimate of drug-likeness (QED) is 0.119. The molecule has 1 aliphatic rings. The summed E-state index contributed by atoms with van der Waals surface area (Å²) in [6, 6.07) is 6.46. The number of aliphatic hydroxyl groups excluding tert-OH is 1. The van der Waals surface area contributed by atoms with Crippen LogP contribution < -0.4 is 25.2 Å². The molecule has 0 saturated carbocycles. The number of sulfonamides is 1. The summed E-state index contributed by atoms with van der Waals surface area (Å²) in [6.45, 7) is 4.22. The van der Waals surface area contributed by atoms with E-state index in [1.165, 1.54) is 38.9 Å². The van der Waals surface area contributed by atoms with E-state index in [1.54, 1.807) is 31.2 Å². The van der Waals surface area contributed by atoms with Gasteiger partial charge in [0.05, 0.1) is 32.4 Å². The summed E-state index contributed by atoms with van der Waals surface area (Å²) >= 11 is 3.33. The monoisotopic (exact) mass is 720 g/mol. The van der Waals surface area contributed by atoms with Crippen LogP contribution in [-0.2, 0) is 33.4 Å². The number of rotatable bonds is 12. The molecule has 3 unspecified atom stereocenters. The largest absolute Gasteiger partial charge is 0.468 e. The Balaban J connectivity index is 1.58. The zero-order valence-electron chi connectivity index (χ0n) is 24.7. The summed E-state index contributed by atoms with van der Waals surface area (Å²) < 4.78 is 62.2. The van der Waals surface area contributed by atoms with Crippen molar-refractivity contribution < 1.29 is 41.4 Å². The number of nitrogens with two attached hydrogens (primary N) is 1. The SMILES string of the molecule is COC(=O)C(C)(C)NP(=O)(OCC1OC(n2cnc3c(N(C)NS(C)(=O)=O)nc(N)nc32)[C@@H](C)[C@@H]1O)Oc1ccc(Br)cc1. The topological polar surface area (TPSA) is 222 Å². The summed E-state index contributed by atoms with van der Waals surface area (Å²) in [6.07, 6.45) is -0.581. The zero-order valence-corrected chi connectivity index (χ0v) is 28.0. The summed E-state index contributed by atoms with van der Waals surface area (Å²) in [5, 5.41) is 14.9. The molecule has 4 rings (SSSR count). The van der Waals surface area contributed by atoms with Gasteiger partial charge in [-0.1, -0.05) is 22.9 Å². The summed E-state index contributed by atoms with van der Waals surface area (Å²) in [7, 11) is -5.30. The number of nitrogens with zero attached hydrogens (tertiary/aromatic N) is 5. The summed E-state index contributed by atoms with van der Waals surface area (Å²) in [5.74, 6) is -1.15. The molecule has 2 aromatic heterocycles. The van der Waals surface area contributed by atoms with Crippen LogP contribution >= 0.6 is 23.7 Å². The number of fused-ring (bicyclic) bond motifs is 1. The van der Waals surface area contributed by atoms with E-state index in [1.807, 2.05) is 0 Å². The van der Waals surface area contributed by atoms with E-state index in [9.17, 15) is 22.9 Å². The number of carbonyl (C=O) groups is 1. The molecule has 1 aliphatic heterocycles. The molecule has 44 heavy (non-hydrogen) atoms. The van der Waals surface area contributed by atoms with Gasteiger partial charge >= 0.3 is 13.7 Å². The lowest BCUT2D eigenvalue weighted by atomic mass is 10.0. The van der Waals surface area contributed by atoms with Gasteiger partial charge in [0, 0.05) is 17.4 Å². The smallest absolute Gasteiger partial charge is 0.459 e. The van der Waals surface area contributed by atoms with Gasteiger partial charge in [-0.25, -0.2) is 18.0 Å². The molecule has 5 N–H and O–H groups in total. The third kappa shape index (κ3) is 7.66. The maximum Gasteiger partial charge on any atom is 0.459 e. The molecule has 5 atom stereocenters. The van der Waals surface area contributed by atoms with Crippen LogP contribution in [0.25, 0.3) is 11.2 Å². The molecule has 0 bridgehead atoms. The van der Waals surface area contributed by atoms with E-state index in [0.717, 1.165) is 15.7 Å².